The van der Waals surface area contributed by atoms with Crippen LogP contribution in [0.4, 0.5) is 10.1 Å². The van der Waals surface area contributed by atoms with Crippen molar-refractivity contribution in [2.45, 2.75) is 0 Å². The van der Waals surface area contributed by atoms with Gasteiger partial charge in [-0.3, -0.25) is 4.79 Å². The van der Waals surface area contributed by atoms with Gasteiger partial charge in [0, 0.05) is 16.7 Å². The normalized spacial score (nSPS) is 10.0. The van der Waals surface area contributed by atoms with Gasteiger partial charge in [-0.15, -0.1) is 0 Å². The third kappa shape index (κ3) is 4.23. The van der Waals surface area contributed by atoms with Gasteiger partial charge in [-0.2, -0.15) is 5.26 Å². The van der Waals surface area contributed by atoms with E-state index in [9.17, 15) is 9.18 Å². The lowest BCUT2D eigenvalue weighted by Gasteiger charge is -2.08. The molecule has 5 nitrogen and oxygen atoms in total. The van der Waals surface area contributed by atoms with Gasteiger partial charge in [-0.25, -0.2) is 9.37 Å². The van der Waals surface area contributed by atoms with Gasteiger partial charge in [-0.1, -0.05) is 22.0 Å². The second-order valence-electron chi connectivity index (χ2n) is 5.20. The number of nitrogens with zero attached hydrogens (tertiary/aromatic N) is 2. The van der Waals surface area contributed by atoms with E-state index in [1.54, 1.807) is 24.3 Å². The molecule has 0 fully saturated rings. The van der Waals surface area contributed by atoms with Crippen LogP contribution in [0.2, 0.25) is 0 Å². The fourth-order valence-electron chi connectivity index (χ4n) is 2.14. The van der Waals surface area contributed by atoms with Gasteiger partial charge in [-0.05, 0) is 42.5 Å². The molecular formula is C19H11BrFN3O2. The summed E-state index contributed by atoms with van der Waals surface area (Å²) in [5, 5.41) is 11.6. The Balaban J connectivity index is 1.72. The third-order valence-electron chi connectivity index (χ3n) is 3.37. The topological polar surface area (TPSA) is 75.0 Å². The van der Waals surface area contributed by atoms with Crippen molar-refractivity contribution in [3.8, 4) is 17.7 Å². The summed E-state index contributed by atoms with van der Waals surface area (Å²) in [5.74, 6) is -0.0712. The van der Waals surface area contributed by atoms with E-state index in [4.69, 9.17) is 10.00 Å². The first-order chi connectivity index (χ1) is 12.5. The Kier molecular flexibility index (Phi) is 5.25. The molecule has 1 N–H and O–H groups in total. The molecular weight excluding hydrogens is 401 g/mol. The number of amides is 1. The van der Waals surface area contributed by atoms with Crippen molar-refractivity contribution in [3.05, 3.63) is 82.2 Å². The van der Waals surface area contributed by atoms with Crippen LogP contribution in [0.3, 0.4) is 0 Å². The molecule has 128 valence electrons. The zero-order valence-corrected chi connectivity index (χ0v) is 14.8. The van der Waals surface area contributed by atoms with Gasteiger partial charge in [0.25, 0.3) is 5.91 Å². The average molecular weight is 412 g/mol. The first kappa shape index (κ1) is 17.6. The van der Waals surface area contributed by atoms with Crippen LogP contribution in [0.25, 0.3) is 0 Å². The van der Waals surface area contributed by atoms with Crippen LogP contribution in [0.15, 0.2) is 65.3 Å². The second-order valence-corrected chi connectivity index (χ2v) is 6.12. The van der Waals surface area contributed by atoms with Crippen molar-refractivity contribution >= 4 is 27.5 Å². The van der Waals surface area contributed by atoms with Crippen molar-refractivity contribution < 1.29 is 13.9 Å². The number of pyridine rings is 1. The van der Waals surface area contributed by atoms with Crippen molar-refractivity contribution in [1.29, 1.82) is 5.26 Å². The Labute approximate surface area is 157 Å². The number of carbonyl (C=O) groups excluding carboxylic acids is 1. The van der Waals surface area contributed by atoms with E-state index >= 15 is 0 Å². The monoisotopic (exact) mass is 411 g/mol. The number of halogens is 2. The Morgan fingerprint density at radius 1 is 1.19 bits per heavy atom. The fraction of sp³-hybridized carbons (Fsp3) is 0. The maximum absolute atomic E-state index is 13.2. The lowest BCUT2D eigenvalue weighted by Crippen LogP contribution is -2.13. The first-order valence-corrected chi connectivity index (χ1v) is 8.25. The molecule has 0 unspecified atom stereocenters. The molecule has 1 heterocycles. The average Bonchev–Trinajstić information content (AvgIpc) is 2.63. The smallest absolute Gasteiger partial charge is 0.257 e. The molecule has 7 heteroatoms. The number of nitrogens with one attached hydrogen (secondary N) is 1. The largest absolute Gasteiger partial charge is 0.439 e. The highest BCUT2D eigenvalue weighted by Gasteiger charge is 2.11. The Bertz CT molecular complexity index is 1000. The number of nitriles is 1. The Morgan fingerprint density at radius 2 is 2.04 bits per heavy atom. The van der Waals surface area contributed by atoms with Crippen LogP contribution in [0.5, 0.6) is 11.6 Å². The summed E-state index contributed by atoms with van der Waals surface area (Å²) in [4.78, 5) is 16.4. The van der Waals surface area contributed by atoms with Crippen molar-refractivity contribution in [3.63, 3.8) is 0 Å². The molecule has 0 aliphatic carbocycles. The van der Waals surface area contributed by atoms with E-state index in [0.29, 0.717) is 11.6 Å². The van der Waals surface area contributed by atoms with Crippen molar-refractivity contribution in [1.82, 2.24) is 4.98 Å². The molecule has 1 aromatic heterocycles. The Morgan fingerprint density at radius 3 is 2.73 bits per heavy atom. The molecule has 0 bridgehead atoms. The number of ether oxygens (including phenoxy) is 1. The lowest BCUT2D eigenvalue weighted by molar-refractivity contribution is 0.102. The molecule has 0 saturated carbocycles. The molecule has 0 spiro atoms. The van der Waals surface area contributed by atoms with E-state index in [-0.39, 0.29) is 16.8 Å². The highest BCUT2D eigenvalue weighted by Crippen LogP contribution is 2.23. The standard InChI is InChI=1S/C19H11BrFN3O2/c20-14-2-1-3-16(9-14)26-18-7-4-12(11-23-18)19(25)24-17-6-5-15(21)8-13(17)10-22/h1-9,11H,(H,24,25). The molecule has 0 aliphatic heterocycles. The lowest BCUT2D eigenvalue weighted by atomic mass is 10.1. The van der Waals surface area contributed by atoms with Crippen LogP contribution in [-0.2, 0) is 0 Å². The zero-order valence-electron chi connectivity index (χ0n) is 13.2. The molecule has 3 aromatic rings. The molecule has 1 amide bonds. The highest BCUT2D eigenvalue weighted by atomic mass is 79.9. The molecule has 0 atom stereocenters. The summed E-state index contributed by atoms with van der Waals surface area (Å²) in [5.41, 5.74) is 0.550. The summed E-state index contributed by atoms with van der Waals surface area (Å²) in [6, 6.07) is 15.8. The van der Waals surface area contributed by atoms with E-state index in [0.717, 1.165) is 10.5 Å². The minimum absolute atomic E-state index is 0.0425. The summed E-state index contributed by atoms with van der Waals surface area (Å²) < 4.78 is 19.6. The van der Waals surface area contributed by atoms with E-state index in [1.165, 1.54) is 18.3 Å². The molecule has 0 saturated heterocycles. The number of anilines is 1. The van der Waals surface area contributed by atoms with Crippen molar-refractivity contribution in [2.24, 2.45) is 0 Å². The van der Waals surface area contributed by atoms with Crippen LogP contribution >= 0.6 is 15.9 Å². The molecule has 0 radical (unpaired) electrons. The van der Waals surface area contributed by atoms with Crippen LogP contribution in [0, 0.1) is 17.1 Å². The SMILES string of the molecule is N#Cc1cc(F)ccc1NC(=O)c1ccc(Oc2cccc(Br)c2)nc1. The second kappa shape index (κ2) is 7.76. The zero-order chi connectivity index (χ0) is 18.5. The Hall–Kier alpha value is -3.24. The van der Waals surface area contributed by atoms with E-state index < -0.39 is 11.7 Å². The van der Waals surface area contributed by atoms with Gasteiger partial charge >= 0.3 is 0 Å². The van der Waals surface area contributed by atoms with Gasteiger partial charge in [0.05, 0.1) is 16.8 Å². The first-order valence-electron chi connectivity index (χ1n) is 7.45. The van der Waals surface area contributed by atoms with Gasteiger partial charge in [0.15, 0.2) is 0 Å². The quantitative estimate of drug-likeness (QED) is 0.662. The van der Waals surface area contributed by atoms with Crippen LogP contribution < -0.4 is 10.1 Å². The summed E-state index contributed by atoms with van der Waals surface area (Å²) >= 11 is 3.35. The maximum Gasteiger partial charge on any atom is 0.257 e. The molecule has 0 aliphatic rings. The summed E-state index contributed by atoms with van der Waals surface area (Å²) in [6.07, 6.45) is 1.36. The van der Waals surface area contributed by atoms with Gasteiger partial charge in [0.1, 0.15) is 17.6 Å². The van der Waals surface area contributed by atoms with Gasteiger partial charge in [0.2, 0.25) is 5.88 Å². The number of rotatable bonds is 4. The van der Waals surface area contributed by atoms with Crippen LogP contribution in [-0.4, -0.2) is 10.9 Å². The van der Waals surface area contributed by atoms with Crippen LogP contribution in [0.1, 0.15) is 15.9 Å². The summed E-state index contributed by atoms with van der Waals surface area (Å²) in [7, 11) is 0. The number of hydrogen-bond acceptors (Lipinski definition) is 4. The predicted octanol–water partition coefficient (Wildman–Crippen LogP) is 4.90. The number of hydrogen-bond donors (Lipinski definition) is 1. The molecule has 3 rings (SSSR count). The van der Waals surface area contributed by atoms with Crippen molar-refractivity contribution in [2.75, 3.05) is 5.32 Å². The number of benzene rings is 2. The highest BCUT2D eigenvalue weighted by molar-refractivity contribution is 9.10. The fourth-order valence-corrected chi connectivity index (χ4v) is 2.52. The minimum atomic E-state index is -0.546. The summed E-state index contributed by atoms with van der Waals surface area (Å²) in [6.45, 7) is 0. The maximum atomic E-state index is 13.2. The predicted molar refractivity (Wildman–Crippen MR) is 97.5 cm³/mol. The molecule has 2 aromatic carbocycles. The molecule has 26 heavy (non-hydrogen) atoms. The third-order valence-corrected chi connectivity index (χ3v) is 3.86. The number of aromatic nitrogens is 1. The van der Waals surface area contributed by atoms with Gasteiger partial charge < -0.3 is 10.1 Å². The van der Waals surface area contributed by atoms with E-state index in [1.807, 2.05) is 18.2 Å². The number of carbonyl (C=O) groups is 1. The van der Waals surface area contributed by atoms with E-state index in [2.05, 4.69) is 26.2 Å². The minimum Gasteiger partial charge on any atom is -0.439 e.